The molecule has 3 aliphatic carbocycles. The number of rotatable bonds is 1. The molecule has 148 valence electrons. The van der Waals surface area contributed by atoms with Gasteiger partial charge in [-0.15, -0.1) is 6.58 Å². The van der Waals surface area contributed by atoms with Gasteiger partial charge < -0.3 is 19.7 Å². The highest BCUT2D eigenvalue weighted by molar-refractivity contribution is 5.20. The Morgan fingerprint density at radius 3 is 2.31 bits per heavy atom. The minimum atomic E-state index is -0.583. The van der Waals surface area contributed by atoms with Crippen molar-refractivity contribution < 1.29 is 19.7 Å². The lowest BCUT2D eigenvalue weighted by Gasteiger charge is -2.63. The lowest BCUT2D eigenvalue weighted by Crippen LogP contribution is -2.65. The molecule has 0 amide bonds. The zero-order valence-electron chi connectivity index (χ0n) is 16.8. The molecule has 1 unspecified atom stereocenters. The first kappa shape index (κ1) is 18.9. The van der Waals surface area contributed by atoms with Crippen LogP contribution in [0.5, 0.6) is 0 Å². The molecule has 2 N–H and O–H groups in total. The summed E-state index contributed by atoms with van der Waals surface area (Å²) >= 11 is 0. The Balaban J connectivity index is 1.92. The summed E-state index contributed by atoms with van der Waals surface area (Å²) in [6.45, 7) is 14.1. The van der Waals surface area contributed by atoms with Gasteiger partial charge >= 0.3 is 0 Å². The second-order valence-electron chi connectivity index (χ2n) is 10.1. The minimum absolute atomic E-state index is 0.0588. The Bertz CT molecular complexity index is 585. The second kappa shape index (κ2) is 5.79. The Morgan fingerprint density at radius 1 is 1.04 bits per heavy atom. The van der Waals surface area contributed by atoms with Crippen molar-refractivity contribution in [2.45, 2.75) is 77.8 Å². The van der Waals surface area contributed by atoms with E-state index in [4.69, 9.17) is 9.47 Å². The van der Waals surface area contributed by atoms with E-state index < -0.39 is 23.4 Å². The van der Waals surface area contributed by atoms with Crippen LogP contribution in [0.4, 0.5) is 0 Å². The fraction of sp³-hybridized carbons (Fsp3) is 0.909. The summed E-state index contributed by atoms with van der Waals surface area (Å²) < 4.78 is 12.6. The predicted octanol–water partition coefficient (Wildman–Crippen LogP) is 3.52. The molecule has 2 bridgehead atoms. The van der Waals surface area contributed by atoms with Gasteiger partial charge in [0.05, 0.1) is 25.4 Å². The average molecular weight is 365 g/mol. The van der Waals surface area contributed by atoms with Crippen molar-refractivity contribution in [1.29, 1.82) is 0 Å². The van der Waals surface area contributed by atoms with Crippen LogP contribution in [0.25, 0.3) is 0 Å². The summed E-state index contributed by atoms with van der Waals surface area (Å²) in [6.07, 6.45) is 5.38. The smallest absolute Gasteiger partial charge is 0.172 e. The Morgan fingerprint density at radius 2 is 1.69 bits per heavy atom. The third kappa shape index (κ3) is 2.10. The van der Waals surface area contributed by atoms with Crippen LogP contribution < -0.4 is 0 Å². The van der Waals surface area contributed by atoms with Crippen LogP contribution in [0, 0.1) is 34.0 Å². The van der Waals surface area contributed by atoms with E-state index in [1.165, 1.54) is 0 Å². The molecule has 0 radical (unpaired) electrons. The van der Waals surface area contributed by atoms with E-state index in [-0.39, 0.29) is 22.7 Å². The first-order chi connectivity index (χ1) is 12.2. The Hall–Kier alpha value is -0.420. The van der Waals surface area contributed by atoms with Crippen LogP contribution in [-0.4, -0.2) is 41.4 Å². The fourth-order valence-electron chi connectivity index (χ4n) is 7.44. The Labute approximate surface area is 158 Å². The predicted molar refractivity (Wildman–Crippen MR) is 100 cm³/mol. The van der Waals surface area contributed by atoms with Gasteiger partial charge in [-0.1, -0.05) is 33.8 Å². The first-order valence-corrected chi connectivity index (χ1v) is 10.4. The fourth-order valence-corrected chi connectivity index (χ4v) is 7.44. The molecule has 1 aliphatic heterocycles. The minimum Gasteiger partial charge on any atom is -0.393 e. The summed E-state index contributed by atoms with van der Waals surface area (Å²) in [5, 5.41) is 22.9. The summed E-state index contributed by atoms with van der Waals surface area (Å²) in [5.41, 5.74) is -0.837. The molecule has 1 saturated heterocycles. The highest BCUT2D eigenvalue weighted by Crippen LogP contribution is 2.72. The summed E-state index contributed by atoms with van der Waals surface area (Å²) in [6, 6.07) is 0. The van der Waals surface area contributed by atoms with E-state index >= 15 is 0 Å². The lowest BCUT2D eigenvalue weighted by molar-refractivity contribution is -0.281. The molecule has 0 aromatic rings. The van der Waals surface area contributed by atoms with Crippen molar-refractivity contribution in [3.63, 3.8) is 0 Å². The van der Waals surface area contributed by atoms with E-state index in [2.05, 4.69) is 34.3 Å². The molecule has 0 aromatic carbocycles. The van der Waals surface area contributed by atoms with Gasteiger partial charge in [-0.25, -0.2) is 0 Å². The molecular formula is C22H36O4. The largest absolute Gasteiger partial charge is 0.393 e. The Kier molecular flexibility index (Phi) is 4.21. The first-order valence-electron chi connectivity index (χ1n) is 10.4. The van der Waals surface area contributed by atoms with Crippen molar-refractivity contribution in [2.75, 3.05) is 13.2 Å². The molecule has 3 saturated carbocycles. The van der Waals surface area contributed by atoms with Gasteiger partial charge in [0.15, 0.2) is 5.79 Å². The van der Waals surface area contributed by atoms with Crippen LogP contribution in [-0.2, 0) is 9.47 Å². The quantitative estimate of drug-likeness (QED) is 0.699. The molecule has 26 heavy (non-hydrogen) atoms. The molecule has 8 atom stereocenters. The molecule has 1 heterocycles. The molecule has 4 nitrogen and oxygen atoms in total. The van der Waals surface area contributed by atoms with Crippen molar-refractivity contribution in [2.24, 2.45) is 34.0 Å². The van der Waals surface area contributed by atoms with Gasteiger partial charge in [-0.05, 0) is 42.9 Å². The van der Waals surface area contributed by atoms with Gasteiger partial charge in [-0.3, -0.25) is 0 Å². The van der Waals surface area contributed by atoms with Crippen LogP contribution in [0.2, 0.25) is 0 Å². The number of aliphatic hydroxyl groups is 2. The molecule has 4 rings (SSSR count). The zero-order valence-corrected chi connectivity index (χ0v) is 16.8. The van der Waals surface area contributed by atoms with Crippen molar-refractivity contribution in [1.82, 2.24) is 0 Å². The molecule has 4 fully saturated rings. The number of hydrogen-bond donors (Lipinski definition) is 2. The van der Waals surface area contributed by atoms with E-state index in [1.807, 2.05) is 6.08 Å². The normalized spacial score (nSPS) is 56.0. The van der Waals surface area contributed by atoms with E-state index in [1.54, 1.807) is 0 Å². The van der Waals surface area contributed by atoms with E-state index in [0.717, 1.165) is 25.7 Å². The maximum atomic E-state index is 11.5. The maximum Gasteiger partial charge on any atom is 0.172 e. The highest BCUT2D eigenvalue weighted by Gasteiger charge is 2.73. The molecular weight excluding hydrogens is 328 g/mol. The monoisotopic (exact) mass is 364 g/mol. The number of aliphatic hydroxyl groups excluding tert-OH is 2. The zero-order chi connectivity index (χ0) is 19.0. The van der Waals surface area contributed by atoms with Crippen LogP contribution in [0.1, 0.15) is 59.8 Å². The van der Waals surface area contributed by atoms with Crippen molar-refractivity contribution in [3.8, 4) is 0 Å². The van der Waals surface area contributed by atoms with Gasteiger partial charge in [-0.2, -0.15) is 0 Å². The van der Waals surface area contributed by atoms with Gasteiger partial charge in [0.2, 0.25) is 0 Å². The third-order valence-corrected chi connectivity index (χ3v) is 9.33. The molecule has 4 heteroatoms. The van der Waals surface area contributed by atoms with Gasteiger partial charge in [0, 0.05) is 23.2 Å². The highest BCUT2D eigenvalue weighted by atomic mass is 16.7. The average Bonchev–Trinajstić information content (AvgIpc) is 3.23. The lowest BCUT2D eigenvalue weighted by atomic mass is 9.43. The van der Waals surface area contributed by atoms with Crippen LogP contribution in [0.15, 0.2) is 12.7 Å². The molecule has 1 spiro atoms. The van der Waals surface area contributed by atoms with E-state index in [9.17, 15) is 10.2 Å². The molecule has 0 aromatic heterocycles. The topological polar surface area (TPSA) is 58.9 Å². The standard InChI is InChI=1S/C22H36O4/c1-6-19(4)13-16(23)20(5)14(2)7-8-21(15(3)17(19)24)9-10-22(18(20)21)25-11-12-26-22/h6,14-18,23-24H,1,7-13H2,2-5H3/t14-,15+,16-,17+,18?,19+,20+,21+/m1/s1. The third-order valence-electron chi connectivity index (χ3n) is 9.33. The SMILES string of the molecule is C=C[C@@]1(C)C[C@@H](O)[C@@]2(C)C3C4(CC[C@@]3(CC[C@H]2C)[C@@H](C)[C@@H]1O)OCCO4. The van der Waals surface area contributed by atoms with Crippen LogP contribution >= 0.6 is 0 Å². The van der Waals surface area contributed by atoms with Crippen molar-refractivity contribution in [3.05, 3.63) is 12.7 Å². The van der Waals surface area contributed by atoms with Gasteiger partial charge in [0.25, 0.3) is 0 Å². The number of ether oxygens (including phenoxy) is 2. The van der Waals surface area contributed by atoms with Crippen LogP contribution in [0.3, 0.4) is 0 Å². The molecule has 4 aliphatic rings. The number of hydrogen-bond acceptors (Lipinski definition) is 4. The summed E-state index contributed by atoms with van der Waals surface area (Å²) in [5.74, 6) is 0.0278. The van der Waals surface area contributed by atoms with Gasteiger partial charge in [0.1, 0.15) is 0 Å². The summed E-state index contributed by atoms with van der Waals surface area (Å²) in [7, 11) is 0. The van der Waals surface area contributed by atoms with E-state index in [0.29, 0.717) is 25.6 Å². The summed E-state index contributed by atoms with van der Waals surface area (Å²) in [4.78, 5) is 0. The second-order valence-corrected chi connectivity index (χ2v) is 10.1. The maximum absolute atomic E-state index is 11.5. The van der Waals surface area contributed by atoms with Crippen molar-refractivity contribution >= 4 is 0 Å².